The monoisotopic (exact) mass is 193 g/mol. The number of nitrogens with one attached hydrogen (secondary N) is 1. The van der Waals surface area contributed by atoms with Crippen LogP contribution in [0.1, 0.15) is 5.56 Å². The van der Waals surface area contributed by atoms with Gasteiger partial charge >= 0.3 is 0 Å². The van der Waals surface area contributed by atoms with E-state index in [0.717, 1.165) is 25.3 Å². The lowest BCUT2D eigenvalue weighted by molar-refractivity contribution is 0.329. The van der Waals surface area contributed by atoms with Crippen molar-refractivity contribution in [3.05, 3.63) is 29.8 Å². The van der Waals surface area contributed by atoms with Gasteiger partial charge in [-0.1, -0.05) is 18.2 Å². The molecule has 1 aromatic carbocycles. The van der Waals surface area contributed by atoms with E-state index in [0.29, 0.717) is 0 Å². The highest BCUT2D eigenvalue weighted by atomic mass is 15.1. The summed E-state index contributed by atoms with van der Waals surface area (Å²) in [5.41, 5.74) is 7.93. The molecule has 1 rings (SSSR count). The largest absolute Gasteiger partial charge is 0.398 e. The van der Waals surface area contributed by atoms with Crippen LogP contribution in [0, 0.1) is 0 Å². The molecular weight excluding hydrogens is 174 g/mol. The van der Waals surface area contributed by atoms with Gasteiger partial charge in [-0.15, -0.1) is 0 Å². The first-order valence-electron chi connectivity index (χ1n) is 4.90. The SMILES string of the molecule is CNCCN(C)Cc1ccccc1N. The van der Waals surface area contributed by atoms with E-state index >= 15 is 0 Å². The van der Waals surface area contributed by atoms with Crippen molar-refractivity contribution in [3.8, 4) is 0 Å². The Kier molecular flexibility index (Phi) is 4.43. The van der Waals surface area contributed by atoms with Gasteiger partial charge in [0.1, 0.15) is 0 Å². The van der Waals surface area contributed by atoms with Gasteiger partial charge in [-0.2, -0.15) is 0 Å². The second-order valence-corrected chi connectivity index (χ2v) is 3.54. The first-order chi connectivity index (χ1) is 6.74. The number of likely N-dealkylation sites (N-methyl/N-ethyl adjacent to an activating group) is 2. The molecule has 0 unspecified atom stereocenters. The first-order valence-corrected chi connectivity index (χ1v) is 4.90. The van der Waals surface area contributed by atoms with Crippen LogP contribution < -0.4 is 11.1 Å². The Morgan fingerprint density at radius 1 is 1.36 bits per heavy atom. The van der Waals surface area contributed by atoms with E-state index in [1.165, 1.54) is 5.56 Å². The van der Waals surface area contributed by atoms with Gasteiger partial charge in [-0.05, 0) is 25.7 Å². The molecular formula is C11H19N3. The van der Waals surface area contributed by atoms with Crippen molar-refractivity contribution in [2.75, 3.05) is 32.9 Å². The zero-order chi connectivity index (χ0) is 10.4. The maximum atomic E-state index is 5.86. The molecule has 3 nitrogen and oxygen atoms in total. The number of para-hydroxylation sites is 1. The lowest BCUT2D eigenvalue weighted by Crippen LogP contribution is -2.27. The molecule has 0 atom stereocenters. The quantitative estimate of drug-likeness (QED) is 0.683. The fraction of sp³-hybridized carbons (Fsp3) is 0.455. The summed E-state index contributed by atoms with van der Waals surface area (Å²) in [6.45, 7) is 2.95. The summed E-state index contributed by atoms with van der Waals surface area (Å²) in [6, 6.07) is 8.01. The normalized spacial score (nSPS) is 10.8. The maximum absolute atomic E-state index is 5.86. The van der Waals surface area contributed by atoms with Gasteiger partial charge in [0, 0.05) is 25.3 Å². The molecule has 0 aliphatic carbocycles. The summed E-state index contributed by atoms with van der Waals surface area (Å²) in [5.74, 6) is 0. The van der Waals surface area contributed by atoms with E-state index in [9.17, 15) is 0 Å². The van der Waals surface area contributed by atoms with Gasteiger partial charge in [0.15, 0.2) is 0 Å². The van der Waals surface area contributed by atoms with Crippen LogP contribution in [-0.2, 0) is 6.54 Å². The number of nitrogens with two attached hydrogens (primary N) is 1. The zero-order valence-electron chi connectivity index (χ0n) is 8.96. The maximum Gasteiger partial charge on any atom is 0.0359 e. The second kappa shape index (κ2) is 5.62. The third kappa shape index (κ3) is 3.36. The number of nitrogens with zero attached hydrogens (tertiary/aromatic N) is 1. The molecule has 0 aliphatic rings. The Hall–Kier alpha value is -1.06. The molecule has 0 aliphatic heterocycles. The topological polar surface area (TPSA) is 41.3 Å². The van der Waals surface area contributed by atoms with Gasteiger partial charge in [-0.25, -0.2) is 0 Å². The van der Waals surface area contributed by atoms with Crippen LogP contribution in [0.4, 0.5) is 5.69 Å². The van der Waals surface area contributed by atoms with E-state index in [2.05, 4.69) is 23.3 Å². The molecule has 0 bridgehead atoms. The highest BCUT2D eigenvalue weighted by Crippen LogP contribution is 2.11. The number of hydrogen-bond acceptors (Lipinski definition) is 3. The number of hydrogen-bond donors (Lipinski definition) is 2. The average molecular weight is 193 g/mol. The first kappa shape index (κ1) is 11.0. The smallest absolute Gasteiger partial charge is 0.0359 e. The molecule has 1 aromatic rings. The molecule has 0 aromatic heterocycles. The van der Waals surface area contributed by atoms with Crippen molar-refractivity contribution in [3.63, 3.8) is 0 Å². The van der Waals surface area contributed by atoms with Crippen LogP contribution in [0.2, 0.25) is 0 Å². The minimum absolute atomic E-state index is 0.879. The van der Waals surface area contributed by atoms with Gasteiger partial charge in [-0.3, -0.25) is 0 Å². The van der Waals surface area contributed by atoms with E-state index in [-0.39, 0.29) is 0 Å². The minimum atomic E-state index is 0.879. The van der Waals surface area contributed by atoms with Gasteiger partial charge in [0.25, 0.3) is 0 Å². The van der Waals surface area contributed by atoms with E-state index in [1.807, 2.05) is 25.2 Å². The number of benzene rings is 1. The molecule has 0 fully saturated rings. The average Bonchev–Trinajstić information content (AvgIpc) is 2.18. The molecule has 0 saturated heterocycles. The van der Waals surface area contributed by atoms with Crippen molar-refractivity contribution in [1.29, 1.82) is 0 Å². The Bertz CT molecular complexity index is 273. The molecule has 0 spiro atoms. The Morgan fingerprint density at radius 2 is 2.07 bits per heavy atom. The molecule has 14 heavy (non-hydrogen) atoms. The Balaban J connectivity index is 2.47. The predicted molar refractivity (Wildman–Crippen MR) is 61.1 cm³/mol. The van der Waals surface area contributed by atoms with Gasteiger partial charge < -0.3 is 16.0 Å². The highest BCUT2D eigenvalue weighted by Gasteiger charge is 2.01. The summed E-state index contributed by atoms with van der Waals surface area (Å²) < 4.78 is 0. The lowest BCUT2D eigenvalue weighted by atomic mass is 10.2. The summed E-state index contributed by atoms with van der Waals surface area (Å²) in [5, 5.41) is 3.13. The molecule has 0 saturated carbocycles. The molecule has 78 valence electrons. The van der Waals surface area contributed by atoms with Crippen LogP contribution in [-0.4, -0.2) is 32.1 Å². The van der Waals surface area contributed by atoms with E-state index < -0.39 is 0 Å². The zero-order valence-corrected chi connectivity index (χ0v) is 8.96. The van der Waals surface area contributed by atoms with Gasteiger partial charge in [0.05, 0.1) is 0 Å². The Morgan fingerprint density at radius 3 is 2.71 bits per heavy atom. The molecule has 0 heterocycles. The lowest BCUT2D eigenvalue weighted by Gasteiger charge is -2.17. The van der Waals surface area contributed by atoms with Crippen LogP contribution in [0.15, 0.2) is 24.3 Å². The third-order valence-corrected chi connectivity index (χ3v) is 2.24. The van der Waals surface area contributed by atoms with Crippen molar-refractivity contribution in [2.45, 2.75) is 6.54 Å². The van der Waals surface area contributed by atoms with Crippen molar-refractivity contribution in [1.82, 2.24) is 10.2 Å². The summed E-state index contributed by atoms with van der Waals surface area (Å²) >= 11 is 0. The van der Waals surface area contributed by atoms with Crippen molar-refractivity contribution >= 4 is 5.69 Å². The minimum Gasteiger partial charge on any atom is -0.398 e. The van der Waals surface area contributed by atoms with Crippen LogP contribution >= 0.6 is 0 Å². The molecule has 3 N–H and O–H groups in total. The van der Waals surface area contributed by atoms with E-state index in [4.69, 9.17) is 5.73 Å². The number of rotatable bonds is 5. The highest BCUT2D eigenvalue weighted by molar-refractivity contribution is 5.46. The van der Waals surface area contributed by atoms with Crippen LogP contribution in [0.3, 0.4) is 0 Å². The van der Waals surface area contributed by atoms with Crippen LogP contribution in [0.25, 0.3) is 0 Å². The molecule has 0 radical (unpaired) electrons. The Labute approximate surface area is 85.9 Å². The molecule has 0 amide bonds. The summed E-state index contributed by atoms with van der Waals surface area (Å²) in [6.07, 6.45) is 0. The third-order valence-electron chi connectivity index (χ3n) is 2.24. The van der Waals surface area contributed by atoms with Crippen LogP contribution in [0.5, 0.6) is 0 Å². The predicted octanol–water partition coefficient (Wildman–Crippen LogP) is 0.920. The van der Waals surface area contributed by atoms with E-state index in [1.54, 1.807) is 0 Å². The fourth-order valence-electron chi connectivity index (χ4n) is 1.35. The summed E-state index contributed by atoms with van der Waals surface area (Å²) in [4.78, 5) is 2.25. The standard InChI is InChI=1S/C11H19N3/c1-13-7-8-14(2)9-10-5-3-4-6-11(10)12/h3-6,13H,7-9,12H2,1-2H3. The second-order valence-electron chi connectivity index (χ2n) is 3.54. The van der Waals surface area contributed by atoms with Gasteiger partial charge in [0.2, 0.25) is 0 Å². The summed E-state index contributed by atoms with van der Waals surface area (Å²) in [7, 11) is 4.06. The number of anilines is 1. The van der Waals surface area contributed by atoms with Crippen molar-refractivity contribution < 1.29 is 0 Å². The molecule has 3 heteroatoms. The number of nitrogen functional groups attached to an aromatic ring is 1. The van der Waals surface area contributed by atoms with Crippen molar-refractivity contribution in [2.24, 2.45) is 0 Å². The fourth-order valence-corrected chi connectivity index (χ4v) is 1.35.